The maximum atomic E-state index is 2.33. The first-order valence-electron chi connectivity index (χ1n) is 12.0. The van der Waals surface area contributed by atoms with Crippen LogP contribution >= 0.6 is 0 Å². The second-order valence-corrected chi connectivity index (χ2v) is 8.84. The Balaban J connectivity index is 1.56. The Kier molecular flexibility index (Phi) is 6.59. The summed E-state index contributed by atoms with van der Waals surface area (Å²) >= 11 is 0. The predicted molar refractivity (Wildman–Crippen MR) is 150 cm³/mol. The summed E-state index contributed by atoms with van der Waals surface area (Å²) in [6.45, 7) is 4.29. The standard InChI is InChI=1S/C34H29N/c1-26-17-21-31(22-18-26)35(34-16-10-9-11-27(34)2)32-23-19-28(20-24-32)25-33(29-12-5-3-6-13-29)30-14-7-4-8-15-30/h3-25H,1-2H3. The zero-order chi connectivity index (χ0) is 24.0. The van der Waals surface area contributed by atoms with Crippen molar-refractivity contribution in [1.82, 2.24) is 0 Å². The van der Waals surface area contributed by atoms with Crippen molar-refractivity contribution in [2.75, 3.05) is 4.90 Å². The van der Waals surface area contributed by atoms with E-state index in [1.165, 1.54) is 39.1 Å². The third kappa shape index (κ3) is 5.10. The molecule has 0 unspecified atom stereocenters. The second kappa shape index (κ2) is 10.3. The van der Waals surface area contributed by atoms with Crippen LogP contribution in [0, 0.1) is 13.8 Å². The van der Waals surface area contributed by atoms with Crippen molar-refractivity contribution in [3.63, 3.8) is 0 Å². The summed E-state index contributed by atoms with van der Waals surface area (Å²) in [5.41, 5.74) is 10.8. The van der Waals surface area contributed by atoms with E-state index < -0.39 is 0 Å². The Morgan fingerprint density at radius 3 is 1.54 bits per heavy atom. The molecule has 5 rings (SSSR count). The second-order valence-electron chi connectivity index (χ2n) is 8.84. The van der Waals surface area contributed by atoms with E-state index in [1.54, 1.807) is 0 Å². The summed E-state index contributed by atoms with van der Waals surface area (Å²) in [6.07, 6.45) is 2.28. The number of para-hydroxylation sites is 1. The molecule has 0 saturated heterocycles. The van der Waals surface area contributed by atoms with Crippen molar-refractivity contribution in [2.24, 2.45) is 0 Å². The Hall–Kier alpha value is -4.36. The van der Waals surface area contributed by atoms with Crippen molar-refractivity contribution in [3.05, 3.63) is 161 Å². The Bertz CT molecular complexity index is 1370. The molecule has 35 heavy (non-hydrogen) atoms. The first kappa shape index (κ1) is 22.4. The number of rotatable bonds is 6. The van der Waals surface area contributed by atoms with Crippen molar-refractivity contribution in [1.29, 1.82) is 0 Å². The van der Waals surface area contributed by atoms with Gasteiger partial charge in [-0.3, -0.25) is 0 Å². The highest BCUT2D eigenvalue weighted by atomic mass is 15.1. The van der Waals surface area contributed by atoms with E-state index in [0.29, 0.717) is 0 Å². The molecular weight excluding hydrogens is 422 g/mol. The fraction of sp³-hybridized carbons (Fsp3) is 0.0588. The van der Waals surface area contributed by atoms with Crippen LogP contribution in [-0.4, -0.2) is 0 Å². The Morgan fingerprint density at radius 1 is 0.514 bits per heavy atom. The van der Waals surface area contributed by atoms with Crippen LogP contribution in [0.2, 0.25) is 0 Å². The quantitative estimate of drug-likeness (QED) is 0.232. The van der Waals surface area contributed by atoms with Gasteiger partial charge in [0.15, 0.2) is 0 Å². The first-order chi connectivity index (χ1) is 17.2. The van der Waals surface area contributed by atoms with E-state index in [4.69, 9.17) is 0 Å². The number of benzene rings is 5. The molecule has 0 spiro atoms. The molecule has 0 heterocycles. The molecule has 0 saturated carbocycles. The van der Waals surface area contributed by atoms with Gasteiger partial charge in [0, 0.05) is 17.1 Å². The smallest absolute Gasteiger partial charge is 0.0490 e. The molecule has 0 bridgehead atoms. The molecule has 0 aliphatic heterocycles. The molecule has 0 aromatic heterocycles. The molecule has 0 radical (unpaired) electrons. The number of aryl methyl sites for hydroxylation is 2. The van der Waals surface area contributed by atoms with Crippen molar-refractivity contribution < 1.29 is 0 Å². The van der Waals surface area contributed by atoms with Crippen LogP contribution in [0.4, 0.5) is 17.1 Å². The highest BCUT2D eigenvalue weighted by Crippen LogP contribution is 2.37. The van der Waals surface area contributed by atoms with Gasteiger partial charge in [-0.1, -0.05) is 109 Å². The third-order valence-corrected chi connectivity index (χ3v) is 6.28. The van der Waals surface area contributed by atoms with Crippen molar-refractivity contribution >= 4 is 28.7 Å². The molecule has 0 amide bonds. The third-order valence-electron chi connectivity index (χ3n) is 6.28. The maximum absolute atomic E-state index is 2.33. The molecule has 170 valence electrons. The van der Waals surface area contributed by atoms with Crippen LogP contribution in [0.15, 0.2) is 133 Å². The van der Waals surface area contributed by atoms with Gasteiger partial charge in [0.1, 0.15) is 0 Å². The summed E-state index contributed by atoms with van der Waals surface area (Å²) in [6, 6.07) is 47.3. The summed E-state index contributed by atoms with van der Waals surface area (Å²) < 4.78 is 0. The summed E-state index contributed by atoms with van der Waals surface area (Å²) in [5.74, 6) is 0. The largest absolute Gasteiger partial charge is 0.310 e. The fourth-order valence-corrected chi connectivity index (χ4v) is 4.39. The molecule has 0 atom stereocenters. The minimum absolute atomic E-state index is 1.14. The summed E-state index contributed by atoms with van der Waals surface area (Å²) in [4.78, 5) is 2.33. The molecule has 5 aromatic carbocycles. The summed E-state index contributed by atoms with van der Waals surface area (Å²) in [7, 11) is 0. The SMILES string of the molecule is Cc1ccc(N(c2ccc(C=C(c3ccccc3)c3ccccc3)cc2)c2ccccc2C)cc1. The molecule has 5 aromatic rings. The van der Waals surface area contributed by atoms with Gasteiger partial charge in [-0.15, -0.1) is 0 Å². The maximum Gasteiger partial charge on any atom is 0.0490 e. The van der Waals surface area contributed by atoms with E-state index >= 15 is 0 Å². The molecule has 0 aliphatic rings. The normalized spacial score (nSPS) is 10.6. The van der Waals surface area contributed by atoms with E-state index in [0.717, 1.165) is 11.4 Å². The van der Waals surface area contributed by atoms with Crippen LogP contribution in [0.3, 0.4) is 0 Å². The van der Waals surface area contributed by atoms with Crippen LogP contribution in [-0.2, 0) is 0 Å². The van der Waals surface area contributed by atoms with Crippen LogP contribution < -0.4 is 4.90 Å². The molecule has 1 heteroatoms. The van der Waals surface area contributed by atoms with Gasteiger partial charge in [0.25, 0.3) is 0 Å². The Morgan fingerprint density at radius 2 is 1.00 bits per heavy atom. The van der Waals surface area contributed by atoms with Gasteiger partial charge in [-0.25, -0.2) is 0 Å². The van der Waals surface area contributed by atoms with Crippen molar-refractivity contribution in [2.45, 2.75) is 13.8 Å². The van der Waals surface area contributed by atoms with E-state index in [1.807, 2.05) is 0 Å². The van der Waals surface area contributed by atoms with Crippen LogP contribution in [0.1, 0.15) is 27.8 Å². The monoisotopic (exact) mass is 451 g/mol. The Labute approximate surface area is 208 Å². The average Bonchev–Trinajstić information content (AvgIpc) is 2.91. The number of nitrogens with zero attached hydrogens (tertiary/aromatic N) is 1. The lowest BCUT2D eigenvalue weighted by Gasteiger charge is -2.27. The zero-order valence-electron chi connectivity index (χ0n) is 20.2. The van der Waals surface area contributed by atoms with Gasteiger partial charge in [0.2, 0.25) is 0 Å². The molecule has 1 nitrogen and oxygen atoms in total. The predicted octanol–water partition coefficient (Wildman–Crippen LogP) is 9.36. The minimum atomic E-state index is 1.14. The number of hydrogen-bond acceptors (Lipinski definition) is 1. The van der Waals surface area contributed by atoms with Gasteiger partial charge in [-0.2, -0.15) is 0 Å². The lowest BCUT2D eigenvalue weighted by Crippen LogP contribution is -2.11. The summed E-state index contributed by atoms with van der Waals surface area (Å²) in [5, 5.41) is 0. The van der Waals surface area contributed by atoms with E-state index in [2.05, 4.69) is 158 Å². The lowest BCUT2D eigenvalue weighted by atomic mass is 9.95. The highest BCUT2D eigenvalue weighted by molar-refractivity contribution is 5.91. The molecule has 0 aliphatic carbocycles. The topological polar surface area (TPSA) is 3.24 Å². The lowest BCUT2D eigenvalue weighted by molar-refractivity contribution is 1.24. The molecule has 0 N–H and O–H groups in total. The van der Waals surface area contributed by atoms with Gasteiger partial charge in [-0.05, 0) is 78.1 Å². The zero-order valence-corrected chi connectivity index (χ0v) is 20.2. The molecule has 0 fully saturated rings. The van der Waals surface area contributed by atoms with Crippen LogP contribution in [0.5, 0.6) is 0 Å². The highest BCUT2D eigenvalue weighted by Gasteiger charge is 2.14. The van der Waals surface area contributed by atoms with Gasteiger partial charge in [0.05, 0.1) is 0 Å². The number of anilines is 3. The number of hydrogen-bond donors (Lipinski definition) is 0. The van der Waals surface area contributed by atoms with Crippen molar-refractivity contribution in [3.8, 4) is 0 Å². The van der Waals surface area contributed by atoms with Gasteiger partial charge >= 0.3 is 0 Å². The van der Waals surface area contributed by atoms with Crippen LogP contribution in [0.25, 0.3) is 11.6 Å². The fourth-order valence-electron chi connectivity index (χ4n) is 4.39. The van der Waals surface area contributed by atoms with E-state index in [-0.39, 0.29) is 0 Å². The minimum Gasteiger partial charge on any atom is -0.310 e. The average molecular weight is 452 g/mol. The van der Waals surface area contributed by atoms with E-state index in [9.17, 15) is 0 Å². The van der Waals surface area contributed by atoms with Gasteiger partial charge < -0.3 is 4.90 Å². The first-order valence-corrected chi connectivity index (χ1v) is 12.0. The molecular formula is C34H29N.